The predicted octanol–water partition coefficient (Wildman–Crippen LogP) is 8.11. The minimum atomic E-state index is -0.972. The SMILES string of the molecule is COc1ccc(Oc2ccc3c(c2)N2C(c4ccc(Br)cc4)=NOC2(c2ccc(OC)cc2)CC(SC)=N3)cc1. The highest BCUT2D eigenvalue weighted by Crippen LogP contribution is 2.50. The van der Waals surface area contributed by atoms with Gasteiger partial charge in [0.1, 0.15) is 23.0 Å². The molecular weight excluding hydrogens is 590 g/mol. The number of nitrogens with zero attached hydrogens (tertiary/aromatic N) is 3. The Hall–Kier alpha value is -3.95. The molecule has 0 fully saturated rings. The number of hydrogen-bond acceptors (Lipinski definition) is 8. The quantitative estimate of drug-likeness (QED) is 0.218. The first-order valence-electron chi connectivity index (χ1n) is 12.6. The molecule has 202 valence electrons. The van der Waals surface area contributed by atoms with Crippen LogP contribution in [-0.4, -0.2) is 31.4 Å². The first-order valence-corrected chi connectivity index (χ1v) is 14.6. The van der Waals surface area contributed by atoms with Crippen LogP contribution in [0, 0.1) is 0 Å². The van der Waals surface area contributed by atoms with Gasteiger partial charge in [0.05, 0.1) is 37.1 Å². The third kappa shape index (κ3) is 4.80. The van der Waals surface area contributed by atoms with Crippen LogP contribution in [0.2, 0.25) is 0 Å². The van der Waals surface area contributed by atoms with Crippen LogP contribution < -0.4 is 19.1 Å². The number of hydrogen-bond donors (Lipinski definition) is 0. The average molecular weight is 617 g/mol. The van der Waals surface area contributed by atoms with Gasteiger partial charge in [-0.05, 0) is 79.1 Å². The molecule has 0 saturated heterocycles. The fourth-order valence-electron chi connectivity index (χ4n) is 4.82. The zero-order chi connectivity index (χ0) is 27.7. The highest BCUT2D eigenvalue weighted by molar-refractivity contribution is 9.10. The van der Waals surface area contributed by atoms with E-state index < -0.39 is 5.72 Å². The number of methoxy groups -OCH3 is 2. The van der Waals surface area contributed by atoms with Crippen LogP contribution >= 0.6 is 27.7 Å². The summed E-state index contributed by atoms with van der Waals surface area (Å²) < 4.78 is 18.0. The van der Waals surface area contributed by atoms with Crippen LogP contribution in [0.25, 0.3) is 0 Å². The highest BCUT2D eigenvalue weighted by atomic mass is 79.9. The van der Waals surface area contributed by atoms with Crippen molar-refractivity contribution in [1.82, 2.24) is 0 Å². The molecule has 4 aromatic carbocycles. The summed E-state index contributed by atoms with van der Waals surface area (Å²) in [4.78, 5) is 13.7. The Morgan fingerprint density at radius 1 is 0.825 bits per heavy atom. The van der Waals surface area contributed by atoms with Crippen molar-refractivity contribution in [2.75, 3.05) is 25.4 Å². The third-order valence-electron chi connectivity index (χ3n) is 6.85. The number of benzene rings is 4. The molecule has 1 atom stereocenters. The molecule has 0 spiro atoms. The van der Waals surface area contributed by atoms with E-state index in [1.54, 1.807) is 26.0 Å². The molecule has 0 bridgehead atoms. The van der Waals surface area contributed by atoms with Crippen molar-refractivity contribution < 1.29 is 19.0 Å². The Morgan fingerprint density at radius 2 is 1.45 bits per heavy atom. The monoisotopic (exact) mass is 615 g/mol. The van der Waals surface area contributed by atoms with Gasteiger partial charge in [0, 0.05) is 21.7 Å². The van der Waals surface area contributed by atoms with E-state index >= 15 is 0 Å². The van der Waals surface area contributed by atoms with Gasteiger partial charge in [0.15, 0.2) is 5.84 Å². The normalized spacial score (nSPS) is 17.6. The maximum atomic E-state index is 6.47. The van der Waals surface area contributed by atoms with Gasteiger partial charge in [-0.2, -0.15) is 0 Å². The summed E-state index contributed by atoms with van der Waals surface area (Å²) in [6.45, 7) is 0. The van der Waals surface area contributed by atoms with Crippen LogP contribution in [-0.2, 0) is 10.6 Å². The molecule has 7 nitrogen and oxygen atoms in total. The smallest absolute Gasteiger partial charge is 0.247 e. The second kappa shape index (κ2) is 10.9. The molecule has 9 heteroatoms. The second-order valence-electron chi connectivity index (χ2n) is 9.18. The number of amidine groups is 1. The van der Waals surface area contributed by atoms with Crippen molar-refractivity contribution in [3.8, 4) is 23.0 Å². The zero-order valence-electron chi connectivity index (χ0n) is 22.1. The summed E-state index contributed by atoms with van der Waals surface area (Å²) in [5, 5.41) is 5.62. The first-order chi connectivity index (χ1) is 19.5. The third-order valence-corrected chi connectivity index (χ3v) is 8.09. The lowest BCUT2D eigenvalue weighted by molar-refractivity contribution is -0.0148. The fraction of sp³-hybridized carbons (Fsp3) is 0.161. The largest absolute Gasteiger partial charge is 0.497 e. The van der Waals surface area contributed by atoms with Crippen LogP contribution in [0.3, 0.4) is 0 Å². The Labute approximate surface area is 245 Å². The van der Waals surface area contributed by atoms with E-state index in [2.05, 4.69) is 20.8 Å². The minimum absolute atomic E-state index is 0.493. The molecule has 0 N–H and O–H groups in total. The second-order valence-corrected chi connectivity index (χ2v) is 11.0. The van der Waals surface area contributed by atoms with Crippen molar-refractivity contribution in [2.45, 2.75) is 12.1 Å². The number of halogens is 1. The molecule has 1 unspecified atom stereocenters. The molecule has 2 heterocycles. The van der Waals surface area contributed by atoms with Gasteiger partial charge in [-0.1, -0.05) is 33.2 Å². The maximum Gasteiger partial charge on any atom is 0.247 e. The van der Waals surface area contributed by atoms with E-state index in [0.717, 1.165) is 43.5 Å². The van der Waals surface area contributed by atoms with Gasteiger partial charge >= 0.3 is 0 Å². The van der Waals surface area contributed by atoms with E-state index in [4.69, 9.17) is 29.2 Å². The summed E-state index contributed by atoms with van der Waals surface area (Å²) in [5.74, 6) is 3.58. The molecule has 2 aliphatic rings. The van der Waals surface area contributed by atoms with E-state index in [9.17, 15) is 0 Å². The Bertz CT molecular complexity index is 1590. The molecule has 40 heavy (non-hydrogen) atoms. The van der Waals surface area contributed by atoms with Crippen LogP contribution in [0.5, 0.6) is 23.0 Å². The lowest BCUT2D eigenvalue weighted by atomic mass is 9.96. The summed E-state index contributed by atoms with van der Waals surface area (Å²) in [5.41, 5.74) is 2.50. The molecular formula is C31H26BrN3O4S. The van der Waals surface area contributed by atoms with Crippen molar-refractivity contribution in [1.29, 1.82) is 0 Å². The van der Waals surface area contributed by atoms with Crippen molar-refractivity contribution in [2.24, 2.45) is 10.1 Å². The van der Waals surface area contributed by atoms with E-state index in [-0.39, 0.29) is 0 Å². The van der Waals surface area contributed by atoms with E-state index in [1.807, 2.05) is 97.3 Å². The van der Waals surface area contributed by atoms with Gasteiger partial charge < -0.3 is 19.0 Å². The molecule has 0 amide bonds. The fourth-order valence-corrected chi connectivity index (χ4v) is 5.62. The Morgan fingerprint density at radius 3 is 2.10 bits per heavy atom. The van der Waals surface area contributed by atoms with Gasteiger partial charge in [0.2, 0.25) is 5.72 Å². The number of rotatable bonds is 6. The van der Waals surface area contributed by atoms with E-state index in [0.29, 0.717) is 23.8 Å². The molecule has 2 aliphatic heterocycles. The van der Waals surface area contributed by atoms with Crippen LogP contribution in [0.4, 0.5) is 11.4 Å². The Balaban J connectivity index is 1.51. The lowest BCUT2D eigenvalue weighted by Crippen LogP contribution is -2.47. The molecule has 0 aliphatic carbocycles. The molecule has 6 rings (SSSR count). The van der Waals surface area contributed by atoms with Gasteiger partial charge in [-0.3, -0.25) is 4.90 Å². The first kappa shape index (κ1) is 26.3. The number of fused-ring (bicyclic) bond motifs is 3. The topological polar surface area (TPSA) is 64.9 Å². The minimum Gasteiger partial charge on any atom is -0.497 e. The predicted molar refractivity (Wildman–Crippen MR) is 164 cm³/mol. The molecule has 0 saturated carbocycles. The summed E-state index contributed by atoms with van der Waals surface area (Å²) in [7, 11) is 3.30. The van der Waals surface area contributed by atoms with E-state index in [1.165, 1.54) is 0 Å². The summed E-state index contributed by atoms with van der Waals surface area (Å²) in [6, 6.07) is 29.4. The standard InChI is InChI=1S/C31H26BrN3O4S/c1-36-23-10-6-21(7-11-23)31-19-29(40-3)33-27-17-16-26(38-25-14-12-24(37-2)13-15-25)18-28(27)35(31)30(34-39-31)20-4-8-22(32)9-5-20/h4-18H,19H2,1-3H3. The Kier molecular flexibility index (Phi) is 7.16. The molecule has 0 aromatic heterocycles. The number of aliphatic imine (C=N–C) groups is 1. The summed E-state index contributed by atoms with van der Waals surface area (Å²) in [6.07, 6.45) is 2.52. The van der Waals surface area contributed by atoms with Gasteiger partial charge in [-0.15, -0.1) is 11.8 Å². The van der Waals surface area contributed by atoms with Gasteiger partial charge in [-0.25, -0.2) is 4.99 Å². The van der Waals surface area contributed by atoms with Crippen molar-refractivity contribution in [3.63, 3.8) is 0 Å². The highest BCUT2D eigenvalue weighted by Gasteiger charge is 2.52. The number of oxime groups is 1. The number of anilines is 1. The lowest BCUT2D eigenvalue weighted by Gasteiger charge is -2.37. The number of ether oxygens (including phenoxy) is 3. The average Bonchev–Trinajstić information content (AvgIpc) is 3.31. The van der Waals surface area contributed by atoms with Crippen LogP contribution in [0.15, 0.2) is 106 Å². The molecule has 4 aromatic rings. The number of thioether (sulfide) groups is 1. The maximum absolute atomic E-state index is 6.47. The molecule has 0 radical (unpaired) electrons. The van der Waals surface area contributed by atoms with Crippen molar-refractivity contribution in [3.05, 3.63) is 107 Å². The van der Waals surface area contributed by atoms with Gasteiger partial charge in [0.25, 0.3) is 0 Å². The zero-order valence-corrected chi connectivity index (χ0v) is 24.5. The summed E-state index contributed by atoms with van der Waals surface area (Å²) >= 11 is 5.15. The van der Waals surface area contributed by atoms with Crippen LogP contribution in [0.1, 0.15) is 17.5 Å². The van der Waals surface area contributed by atoms with Crippen molar-refractivity contribution >= 4 is 49.9 Å².